The highest BCUT2D eigenvalue weighted by Crippen LogP contribution is 2.17. The molecule has 0 aliphatic carbocycles. The number of hydrogen-bond donors (Lipinski definition) is 2. The maximum absolute atomic E-state index is 11.5. The summed E-state index contributed by atoms with van der Waals surface area (Å²) in [4.78, 5) is 11.5. The van der Waals surface area contributed by atoms with Gasteiger partial charge in [-0.3, -0.25) is 4.79 Å². The topological polar surface area (TPSA) is 50.4 Å². The molecule has 114 valence electrons. The molecule has 0 aliphatic heterocycles. The molecule has 1 aromatic rings. The smallest absolute Gasteiger partial charge is 0.220 e. The van der Waals surface area contributed by atoms with Crippen molar-refractivity contribution in [1.29, 1.82) is 0 Å². The minimum Gasteiger partial charge on any atom is -0.494 e. The Morgan fingerprint density at radius 1 is 1.35 bits per heavy atom. The van der Waals surface area contributed by atoms with Gasteiger partial charge in [-0.2, -0.15) is 0 Å². The van der Waals surface area contributed by atoms with E-state index in [1.807, 2.05) is 31.2 Å². The van der Waals surface area contributed by atoms with Crippen LogP contribution in [0.5, 0.6) is 5.75 Å². The van der Waals surface area contributed by atoms with Gasteiger partial charge < -0.3 is 15.4 Å². The van der Waals surface area contributed by atoms with E-state index in [0.29, 0.717) is 19.6 Å². The lowest BCUT2D eigenvalue weighted by Gasteiger charge is -2.07. The van der Waals surface area contributed by atoms with Gasteiger partial charge in [-0.05, 0) is 31.2 Å². The molecule has 0 heterocycles. The lowest BCUT2D eigenvalue weighted by molar-refractivity contribution is -0.121. The fraction of sp³-hybridized carbons (Fsp3) is 0.500. The summed E-state index contributed by atoms with van der Waals surface area (Å²) in [6, 6.07) is 7.69. The molecule has 0 aliphatic rings. The highest BCUT2D eigenvalue weighted by molar-refractivity contribution is 9.10. The third kappa shape index (κ3) is 9.18. The molecule has 0 fully saturated rings. The van der Waals surface area contributed by atoms with Crippen LogP contribution in [-0.4, -0.2) is 32.1 Å². The zero-order valence-electron chi connectivity index (χ0n) is 11.7. The molecule has 1 amide bonds. The number of ether oxygens (including phenoxy) is 1. The maximum atomic E-state index is 11.5. The summed E-state index contributed by atoms with van der Waals surface area (Å²) < 4.78 is 6.55. The number of carbonyl (C=O) groups is 1. The van der Waals surface area contributed by atoms with Gasteiger partial charge in [0.25, 0.3) is 0 Å². The molecule has 1 aromatic carbocycles. The average Bonchev–Trinajstić information content (AvgIpc) is 2.40. The van der Waals surface area contributed by atoms with E-state index < -0.39 is 0 Å². The van der Waals surface area contributed by atoms with Crippen molar-refractivity contribution in [3.05, 3.63) is 28.7 Å². The third-order valence-electron chi connectivity index (χ3n) is 2.49. The molecule has 0 unspecified atom stereocenters. The second-order valence-electron chi connectivity index (χ2n) is 4.11. The van der Waals surface area contributed by atoms with Gasteiger partial charge >= 0.3 is 0 Å². The van der Waals surface area contributed by atoms with Gasteiger partial charge in [0, 0.05) is 24.0 Å². The molecule has 2 N–H and O–H groups in total. The van der Waals surface area contributed by atoms with Crippen LogP contribution in [0.1, 0.15) is 19.8 Å². The summed E-state index contributed by atoms with van der Waals surface area (Å²) >= 11 is 3.39. The first kappa shape index (κ1) is 19.2. The van der Waals surface area contributed by atoms with E-state index in [0.717, 1.165) is 29.7 Å². The van der Waals surface area contributed by atoms with Gasteiger partial charge in [0.15, 0.2) is 0 Å². The van der Waals surface area contributed by atoms with Gasteiger partial charge in [-0.15, -0.1) is 12.4 Å². The van der Waals surface area contributed by atoms with Crippen LogP contribution in [0.15, 0.2) is 28.7 Å². The standard InChI is InChI=1S/C14H21BrN2O2.ClH/c1-2-16-8-9-17-14(18)7-4-10-19-13-6-3-5-12(15)11-13;/h3,5-6,11,16H,2,4,7-10H2,1H3,(H,17,18);1H. The fourth-order valence-electron chi connectivity index (χ4n) is 1.54. The molecular weight excluding hydrogens is 344 g/mol. The Morgan fingerprint density at radius 3 is 2.85 bits per heavy atom. The quantitative estimate of drug-likeness (QED) is 0.662. The number of rotatable bonds is 9. The predicted octanol–water partition coefficient (Wildman–Crippen LogP) is 2.76. The maximum Gasteiger partial charge on any atom is 0.220 e. The summed E-state index contributed by atoms with van der Waals surface area (Å²) in [5, 5.41) is 6.01. The van der Waals surface area contributed by atoms with Gasteiger partial charge in [-0.1, -0.05) is 28.9 Å². The Hall–Kier alpha value is -0.780. The van der Waals surface area contributed by atoms with Crippen molar-refractivity contribution < 1.29 is 9.53 Å². The molecule has 0 saturated carbocycles. The predicted molar refractivity (Wildman–Crippen MR) is 87.7 cm³/mol. The molecule has 0 aromatic heterocycles. The first-order valence-corrected chi connectivity index (χ1v) is 7.37. The van der Waals surface area contributed by atoms with E-state index in [9.17, 15) is 4.79 Å². The molecule has 20 heavy (non-hydrogen) atoms. The van der Waals surface area contributed by atoms with E-state index in [2.05, 4.69) is 26.6 Å². The van der Waals surface area contributed by atoms with E-state index in [4.69, 9.17) is 4.74 Å². The summed E-state index contributed by atoms with van der Waals surface area (Å²) in [5.74, 6) is 0.901. The van der Waals surface area contributed by atoms with Gasteiger partial charge in [-0.25, -0.2) is 0 Å². The van der Waals surface area contributed by atoms with Crippen molar-refractivity contribution in [2.24, 2.45) is 0 Å². The molecule has 0 atom stereocenters. The van der Waals surface area contributed by atoms with Gasteiger partial charge in [0.2, 0.25) is 5.91 Å². The van der Waals surface area contributed by atoms with E-state index in [-0.39, 0.29) is 18.3 Å². The zero-order valence-corrected chi connectivity index (χ0v) is 14.1. The van der Waals surface area contributed by atoms with Crippen LogP contribution in [0.4, 0.5) is 0 Å². The number of nitrogens with one attached hydrogen (secondary N) is 2. The Labute approximate surface area is 135 Å². The SMILES string of the molecule is CCNCCNC(=O)CCCOc1cccc(Br)c1.Cl. The molecule has 0 radical (unpaired) electrons. The molecule has 0 saturated heterocycles. The molecule has 0 spiro atoms. The summed E-state index contributed by atoms with van der Waals surface area (Å²) in [6.07, 6.45) is 1.22. The van der Waals surface area contributed by atoms with E-state index in [1.165, 1.54) is 0 Å². The highest BCUT2D eigenvalue weighted by atomic mass is 79.9. The van der Waals surface area contributed by atoms with Crippen LogP contribution in [0.3, 0.4) is 0 Å². The van der Waals surface area contributed by atoms with Crippen molar-refractivity contribution >= 4 is 34.2 Å². The van der Waals surface area contributed by atoms with Crippen LogP contribution in [-0.2, 0) is 4.79 Å². The normalized spacial score (nSPS) is 9.70. The van der Waals surface area contributed by atoms with Crippen LogP contribution in [0.2, 0.25) is 0 Å². The van der Waals surface area contributed by atoms with Gasteiger partial charge in [0.05, 0.1) is 6.61 Å². The van der Waals surface area contributed by atoms with Crippen LogP contribution >= 0.6 is 28.3 Å². The number of amides is 1. The Morgan fingerprint density at radius 2 is 2.15 bits per heavy atom. The first-order chi connectivity index (χ1) is 9.22. The number of halogens is 2. The number of hydrogen-bond acceptors (Lipinski definition) is 3. The van der Waals surface area contributed by atoms with Crippen LogP contribution in [0.25, 0.3) is 0 Å². The number of benzene rings is 1. The van der Waals surface area contributed by atoms with Crippen LogP contribution in [0, 0.1) is 0 Å². The number of carbonyl (C=O) groups excluding carboxylic acids is 1. The summed E-state index contributed by atoms with van der Waals surface area (Å²) in [6.45, 7) is 5.02. The van der Waals surface area contributed by atoms with Crippen molar-refractivity contribution in [1.82, 2.24) is 10.6 Å². The fourth-order valence-corrected chi connectivity index (χ4v) is 1.91. The molecule has 4 nitrogen and oxygen atoms in total. The summed E-state index contributed by atoms with van der Waals surface area (Å²) in [7, 11) is 0. The minimum absolute atomic E-state index is 0. The van der Waals surface area contributed by atoms with Crippen LogP contribution < -0.4 is 15.4 Å². The third-order valence-corrected chi connectivity index (χ3v) is 2.98. The highest BCUT2D eigenvalue weighted by Gasteiger charge is 2.01. The minimum atomic E-state index is 0. The molecular formula is C14H22BrClN2O2. The van der Waals surface area contributed by atoms with E-state index >= 15 is 0 Å². The molecule has 6 heteroatoms. The largest absolute Gasteiger partial charge is 0.494 e. The first-order valence-electron chi connectivity index (χ1n) is 6.58. The average molecular weight is 366 g/mol. The van der Waals surface area contributed by atoms with Crippen molar-refractivity contribution in [3.8, 4) is 5.75 Å². The second kappa shape index (κ2) is 12.0. The Kier molecular flexibility index (Phi) is 11.5. The Bertz CT molecular complexity index is 391. The number of likely N-dealkylation sites (N-methyl/N-ethyl adjacent to an activating group) is 1. The summed E-state index contributed by atoms with van der Waals surface area (Å²) in [5.41, 5.74) is 0. The van der Waals surface area contributed by atoms with E-state index in [1.54, 1.807) is 0 Å². The lowest BCUT2D eigenvalue weighted by atomic mass is 10.3. The van der Waals surface area contributed by atoms with Crippen molar-refractivity contribution in [2.75, 3.05) is 26.2 Å². The molecule has 1 rings (SSSR count). The van der Waals surface area contributed by atoms with Crippen molar-refractivity contribution in [3.63, 3.8) is 0 Å². The van der Waals surface area contributed by atoms with Gasteiger partial charge in [0.1, 0.15) is 5.75 Å². The zero-order chi connectivity index (χ0) is 13.9. The Balaban J connectivity index is 0.00000361. The van der Waals surface area contributed by atoms with Crippen molar-refractivity contribution in [2.45, 2.75) is 19.8 Å². The lowest BCUT2D eigenvalue weighted by Crippen LogP contribution is -2.31. The molecule has 0 bridgehead atoms. The monoisotopic (exact) mass is 364 g/mol. The second-order valence-corrected chi connectivity index (χ2v) is 5.03.